The van der Waals surface area contributed by atoms with Crippen molar-refractivity contribution in [2.24, 2.45) is 5.92 Å². The summed E-state index contributed by atoms with van der Waals surface area (Å²) >= 11 is 0. The Morgan fingerprint density at radius 2 is 2.05 bits per heavy atom. The summed E-state index contributed by atoms with van der Waals surface area (Å²) in [6.45, 7) is 0.928. The van der Waals surface area contributed by atoms with Gasteiger partial charge in [-0.15, -0.1) is 0 Å². The van der Waals surface area contributed by atoms with Gasteiger partial charge in [0.25, 0.3) is 5.91 Å². The summed E-state index contributed by atoms with van der Waals surface area (Å²) in [5.74, 6) is 0.0338. The number of rotatable bonds is 5. The van der Waals surface area contributed by atoms with E-state index < -0.39 is 15.7 Å². The van der Waals surface area contributed by atoms with Crippen molar-refractivity contribution in [1.82, 2.24) is 4.90 Å². The highest BCUT2D eigenvalue weighted by Crippen LogP contribution is 2.19. The highest BCUT2D eigenvalue weighted by molar-refractivity contribution is 7.90. The average Bonchev–Trinajstić information content (AvgIpc) is 2.44. The lowest BCUT2D eigenvalue weighted by molar-refractivity contribution is -0.134. The molecule has 0 radical (unpaired) electrons. The number of sulfone groups is 1. The molecule has 1 fully saturated rings. The number of carbonyl (C=O) groups excluding carboxylic acids is 1. The summed E-state index contributed by atoms with van der Waals surface area (Å²) in [7, 11) is -2.98. The molecule has 1 aromatic carbocycles. The van der Waals surface area contributed by atoms with Crippen molar-refractivity contribution in [3.63, 3.8) is 0 Å². The van der Waals surface area contributed by atoms with Crippen molar-refractivity contribution in [3.05, 3.63) is 30.1 Å². The van der Waals surface area contributed by atoms with Gasteiger partial charge in [0.1, 0.15) is 21.4 Å². The van der Waals surface area contributed by atoms with Gasteiger partial charge in [0, 0.05) is 25.4 Å². The van der Waals surface area contributed by atoms with Crippen molar-refractivity contribution >= 4 is 15.7 Å². The lowest BCUT2D eigenvalue weighted by atomic mass is 9.99. The van der Waals surface area contributed by atoms with Crippen molar-refractivity contribution in [2.75, 3.05) is 31.7 Å². The quantitative estimate of drug-likeness (QED) is 0.821. The number of hydrogen-bond donors (Lipinski definition) is 0. The Kier molecular flexibility index (Phi) is 5.39. The van der Waals surface area contributed by atoms with Crippen LogP contribution < -0.4 is 4.74 Å². The Balaban J connectivity index is 1.78. The van der Waals surface area contributed by atoms with Gasteiger partial charge < -0.3 is 9.64 Å². The maximum absolute atomic E-state index is 13.0. The predicted octanol–water partition coefficient (Wildman–Crippen LogP) is 1.49. The highest BCUT2D eigenvalue weighted by atomic mass is 32.2. The minimum absolute atomic E-state index is 0.114. The number of benzene rings is 1. The number of amides is 1. The van der Waals surface area contributed by atoms with Gasteiger partial charge in [0.05, 0.1) is 5.75 Å². The SMILES string of the molecule is CS(=O)(=O)CC1CCN(C(=O)COc2cccc(F)c2)CC1. The number of hydrogen-bond acceptors (Lipinski definition) is 4. The minimum Gasteiger partial charge on any atom is -0.484 e. The molecule has 5 nitrogen and oxygen atoms in total. The number of likely N-dealkylation sites (tertiary alicyclic amines) is 1. The lowest BCUT2D eigenvalue weighted by Gasteiger charge is -2.31. The van der Waals surface area contributed by atoms with Crippen molar-refractivity contribution in [2.45, 2.75) is 12.8 Å². The molecule has 0 bridgehead atoms. The van der Waals surface area contributed by atoms with Crippen LogP contribution in [0.5, 0.6) is 5.75 Å². The van der Waals surface area contributed by atoms with E-state index in [4.69, 9.17) is 4.74 Å². The maximum atomic E-state index is 13.0. The molecular formula is C15H20FNO4S. The van der Waals surface area contributed by atoms with E-state index in [-0.39, 0.29) is 24.2 Å². The molecule has 0 spiro atoms. The molecule has 0 saturated carbocycles. The molecule has 7 heteroatoms. The largest absolute Gasteiger partial charge is 0.484 e. The van der Waals surface area contributed by atoms with Crippen LogP contribution in [0, 0.1) is 11.7 Å². The van der Waals surface area contributed by atoms with Gasteiger partial charge in [0.2, 0.25) is 0 Å². The van der Waals surface area contributed by atoms with Crippen LogP contribution in [0.1, 0.15) is 12.8 Å². The lowest BCUT2D eigenvalue weighted by Crippen LogP contribution is -2.42. The summed E-state index contributed by atoms with van der Waals surface area (Å²) in [4.78, 5) is 13.7. The third-order valence-electron chi connectivity index (χ3n) is 3.66. The van der Waals surface area contributed by atoms with Gasteiger partial charge in [-0.05, 0) is 30.9 Å². The summed E-state index contributed by atoms with van der Waals surface area (Å²) in [5, 5.41) is 0. The second-order valence-corrected chi connectivity index (χ2v) is 7.85. The molecule has 122 valence electrons. The van der Waals surface area contributed by atoms with Crippen molar-refractivity contribution < 1.29 is 22.3 Å². The van der Waals surface area contributed by atoms with E-state index in [1.54, 1.807) is 11.0 Å². The van der Waals surface area contributed by atoms with Crippen LogP contribution in [0.2, 0.25) is 0 Å². The van der Waals surface area contributed by atoms with Gasteiger partial charge in [-0.3, -0.25) is 4.79 Å². The Bertz CT molecular complexity index is 624. The van der Waals surface area contributed by atoms with Crippen LogP contribution in [-0.4, -0.2) is 50.9 Å². The summed E-state index contributed by atoms with van der Waals surface area (Å²) < 4.78 is 40.8. The molecule has 1 amide bonds. The van der Waals surface area contributed by atoms with E-state index in [0.29, 0.717) is 31.7 Å². The Hall–Kier alpha value is -1.63. The fraction of sp³-hybridized carbons (Fsp3) is 0.533. The first-order valence-electron chi connectivity index (χ1n) is 7.17. The predicted molar refractivity (Wildman–Crippen MR) is 80.9 cm³/mol. The van der Waals surface area contributed by atoms with Gasteiger partial charge in [-0.1, -0.05) is 6.07 Å². The number of carbonyl (C=O) groups is 1. The van der Waals surface area contributed by atoms with Crippen LogP contribution >= 0.6 is 0 Å². The zero-order valence-corrected chi connectivity index (χ0v) is 13.3. The molecule has 1 aromatic rings. The van der Waals surface area contributed by atoms with Crippen LogP contribution in [0.3, 0.4) is 0 Å². The van der Waals surface area contributed by atoms with E-state index >= 15 is 0 Å². The molecule has 0 unspecified atom stereocenters. The average molecular weight is 329 g/mol. The van der Waals surface area contributed by atoms with E-state index in [9.17, 15) is 17.6 Å². The van der Waals surface area contributed by atoms with Gasteiger partial charge in [0.15, 0.2) is 6.61 Å². The van der Waals surface area contributed by atoms with Gasteiger partial charge in [-0.2, -0.15) is 0 Å². The third-order valence-corrected chi connectivity index (χ3v) is 4.74. The van der Waals surface area contributed by atoms with Crippen molar-refractivity contribution in [1.29, 1.82) is 0 Å². The van der Waals surface area contributed by atoms with Crippen LogP contribution in [0.15, 0.2) is 24.3 Å². The van der Waals surface area contributed by atoms with Crippen LogP contribution in [0.25, 0.3) is 0 Å². The van der Waals surface area contributed by atoms with Crippen LogP contribution in [-0.2, 0) is 14.6 Å². The molecular weight excluding hydrogens is 309 g/mol. The first-order chi connectivity index (χ1) is 10.3. The molecule has 1 saturated heterocycles. The van der Waals surface area contributed by atoms with E-state index in [0.717, 1.165) is 0 Å². The fourth-order valence-electron chi connectivity index (χ4n) is 2.57. The monoisotopic (exact) mass is 329 g/mol. The molecule has 2 rings (SSSR count). The first-order valence-corrected chi connectivity index (χ1v) is 9.23. The molecule has 1 aliphatic heterocycles. The van der Waals surface area contributed by atoms with Crippen molar-refractivity contribution in [3.8, 4) is 5.75 Å². The number of ether oxygens (including phenoxy) is 1. The smallest absolute Gasteiger partial charge is 0.260 e. The molecule has 1 aliphatic rings. The summed E-state index contributed by atoms with van der Waals surface area (Å²) in [6, 6.07) is 5.65. The normalized spacial score (nSPS) is 16.5. The summed E-state index contributed by atoms with van der Waals surface area (Å²) in [6.07, 6.45) is 2.59. The van der Waals surface area contributed by atoms with E-state index in [2.05, 4.69) is 0 Å². The van der Waals surface area contributed by atoms with Crippen LogP contribution in [0.4, 0.5) is 4.39 Å². The Labute approximate surface area is 130 Å². The topological polar surface area (TPSA) is 63.7 Å². The van der Waals surface area contributed by atoms with Gasteiger partial charge in [-0.25, -0.2) is 12.8 Å². The van der Waals surface area contributed by atoms with Gasteiger partial charge >= 0.3 is 0 Å². The second-order valence-electron chi connectivity index (χ2n) is 5.66. The number of piperidine rings is 1. The fourth-order valence-corrected chi connectivity index (χ4v) is 3.76. The zero-order chi connectivity index (χ0) is 16.2. The third kappa shape index (κ3) is 5.29. The Morgan fingerprint density at radius 3 is 2.64 bits per heavy atom. The Morgan fingerprint density at radius 1 is 1.36 bits per heavy atom. The molecule has 1 heterocycles. The van der Waals surface area contributed by atoms with E-state index in [1.165, 1.54) is 24.5 Å². The minimum atomic E-state index is -2.98. The zero-order valence-electron chi connectivity index (χ0n) is 12.5. The number of halogens is 1. The summed E-state index contributed by atoms with van der Waals surface area (Å²) in [5.41, 5.74) is 0. The maximum Gasteiger partial charge on any atom is 0.260 e. The molecule has 22 heavy (non-hydrogen) atoms. The highest BCUT2D eigenvalue weighted by Gasteiger charge is 2.25. The number of nitrogens with zero attached hydrogens (tertiary/aromatic N) is 1. The molecule has 0 aromatic heterocycles. The van der Waals surface area contributed by atoms with E-state index in [1.807, 2.05) is 0 Å². The molecule has 0 aliphatic carbocycles. The molecule has 0 N–H and O–H groups in total. The standard InChI is InChI=1S/C15H20FNO4S/c1-22(19,20)11-12-5-7-17(8-6-12)15(18)10-21-14-4-2-3-13(16)9-14/h2-4,9,12H,5-8,10-11H2,1H3. The second kappa shape index (κ2) is 7.09. The first kappa shape index (κ1) is 16.7. The molecule has 0 atom stereocenters.